The molecule has 0 heterocycles. The molecule has 0 aliphatic heterocycles. The second-order valence-corrected chi connectivity index (χ2v) is 4.83. The van der Waals surface area contributed by atoms with Gasteiger partial charge in [-0.1, -0.05) is 60.7 Å². The zero-order valence-electron chi connectivity index (χ0n) is 11.4. The van der Waals surface area contributed by atoms with Crippen molar-refractivity contribution in [3.63, 3.8) is 0 Å². The fourth-order valence-electron chi connectivity index (χ4n) is 2.46. The van der Waals surface area contributed by atoms with Gasteiger partial charge in [0.25, 0.3) is 12.1 Å². The summed E-state index contributed by atoms with van der Waals surface area (Å²) in [5, 5.41) is 0. The van der Waals surface area contributed by atoms with Crippen molar-refractivity contribution in [1.29, 1.82) is 0 Å². The first-order valence-corrected chi connectivity index (χ1v) is 6.61. The lowest BCUT2D eigenvalue weighted by atomic mass is 9.86. The summed E-state index contributed by atoms with van der Waals surface area (Å²) in [4.78, 5) is 7.52. The van der Waals surface area contributed by atoms with Gasteiger partial charge in [-0.3, -0.25) is 0 Å². The van der Waals surface area contributed by atoms with Crippen LogP contribution < -0.4 is 0 Å². The molecule has 0 N–H and O–H groups in total. The average Bonchev–Trinajstić information content (AvgIpc) is 2.51. The summed E-state index contributed by atoms with van der Waals surface area (Å²) in [7, 11) is 0. The quantitative estimate of drug-likeness (QED) is 0.688. The van der Waals surface area contributed by atoms with Crippen molar-refractivity contribution in [3.8, 4) is 0 Å². The smallest absolute Gasteiger partial charge is 0.259 e. The summed E-state index contributed by atoms with van der Waals surface area (Å²) in [6.45, 7) is 17.0. The first kappa shape index (κ1) is 13.8. The molecule has 2 rings (SSSR count). The number of hydrogen-bond donors (Lipinski definition) is 0. The zero-order chi connectivity index (χ0) is 14.4. The van der Waals surface area contributed by atoms with Gasteiger partial charge in [-0.15, -0.1) is 0 Å². The lowest BCUT2D eigenvalue weighted by Crippen LogP contribution is -2.13. The Morgan fingerprint density at radius 1 is 0.700 bits per heavy atom. The van der Waals surface area contributed by atoms with Crippen LogP contribution in [0, 0.1) is 19.1 Å². The maximum atomic E-state index is 7.48. The van der Waals surface area contributed by atoms with E-state index in [1.807, 2.05) is 67.6 Å². The van der Waals surface area contributed by atoms with Crippen LogP contribution in [0.3, 0.4) is 0 Å². The van der Waals surface area contributed by atoms with Gasteiger partial charge in [-0.2, -0.15) is 0 Å². The van der Waals surface area contributed by atoms with Crippen molar-refractivity contribution in [1.82, 2.24) is 0 Å². The molecule has 0 aliphatic rings. The van der Waals surface area contributed by atoms with Crippen molar-refractivity contribution < 1.29 is 0 Å². The van der Waals surface area contributed by atoms with Crippen LogP contribution in [0.15, 0.2) is 60.7 Å². The van der Waals surface area contributed by atoms with Gasteiger partial charge in [0.05, 0.1) is 0 Å². The highest BCUT2D eigenvalue weighted by Crippen LogP contribution is 2.37. The van der Waals surface area contributed by atoms with Gasteiger partial charge < -0.3 is 9.69 Å². The second kappa shape index (κ2) is 6.55. The predicted molar refractivity (Wildman–Crippen MR) is 80.7 cm³/mol. The van der Waals surface area contributed by atoms with Crippen LogP contribution in [0.4, 0.5) is 0 Å². The van der Waals surface area contributed by atoms with E-state index < -0.39 is 0 Å². The third kappa shape index (κ3) is 2.87. The van der Waals surface area contributed by atoms with Gasteiger partial charge in [-0.05, 0) is 6.92 Å². The monoisotopic (exact) mass is 260 g/mol. The molecule has 2 heteroatoms. The van der Waals surface area contributed by atoms with Crippen LogP contribution in [0.1, 0.15) is 30.1 Å². The first-order valence-electron chi connectivity index (χ1n) is 6.61. The third-order valence-electron chi connectivity index (χ3n) is 3.56. The van der Waals surface area contributed by atoms with Crippen molar-refractivity contribution in [3.05, 3.63) is 94.6 Å². The molecule has 2 atom stereocenters. The molecule has 0 radical (unpaired) electrons. The first-order chi connectivity index (χ1) is 9.77. The molecule has 0 bridgehead atoms. The molecular formula is C18H16N2. The molecule has 20 heavy (non-hydrogen) atoms. The minimum Gasteiger partial charge on any atom is -0.308 e. The van der Waals surface area contributed by atoms with Crippen LogP contribution in [0.2, 0.25) is 0 Å². The van der Waals surface area contributed by atoms with Crippen LogP contribution in [-0.2, 0) is 0 Å². The zero-order valence-corrected chi connectivity index (χ0v) is 11.4. The summed E-state index contributed by atoms with van der Waals surface area (Å²) >= 11 is 0. The van der Waals surface area contributed by atoms with Gasteiger partial charge in [0.2, 0.25) is 0 Å². The standard InChI is InChI=1S/C18H16N2/c1-14(17(19-2)15-10-6-4-7-11-15)18(20-3)16-12-8-5-9-13-16/h4-14,17-18H,1H3. The number of benzene rings is 2. The molecule has 0 aromatic heterocycles. The Morgan fingerprint density at radius 3 is 1.35 bits per heavy atom. The molecule has 2 nitrogen and oxygen atoms in total. The summed E-state index contributed by atoms with van der Waals surface area (Å²) in [5.41, 5.74) is 1.97. The fraction of sp³-hybridized carbons (Fsp3) is 0.222. The molecule has 0 aliphatic carbocycles. The summed E-state index contributed by atoms with van der Waals surface area (Å²) in [6, 6.07) is 18.9. The molecule has 0 saturated carbocycles. The Labute approximate surface area is 120 Å². The Kier molecular flexibility index (Phi) is 4.53. The Morgan fingerprint density at radius 2 is 1.05 bits per heavy atom. The van der Waals surface area contributed by atoms with E-state index >= 15 is 0 Å². The van der Waals surface area contributed by atoms with Gasteiger partial charge in [-0.25, -0.2) is 13.1 Å². The lowest BCUT2D eigenvalue weighted by molar-refractivity contribution is 0.469. The number of hydrogen-bond acceptors (Lipinski definition) is 0. The molecule has 0 saturated heterocycles. The van der Waals surface area contributed by atoms with E-state index in [9.17, 15) is 0 Å². The van der Waals surface area contributed by atoms with Crippen molar-refractivity contribution in [2.45, 2.75) is 19.0 Å². The highest BCUT2D eigenvalue weighted by Gasteiger charge is 2.36. The minimum absolute atomic E-state index is 0.0465. The van der Waals surface area contributed by atoms with Gasteiger partial charge >= 0.3 is 0 Å². The minimum atomic E-state index is -0.282. The maximum absolute atomic E-state index is 7.48. The van der Waals surface area contributed by atoms with Gasteiger partial charge in [0.1, 0.15) is 5.92 Å². The topological polar surface area (TPSA) is 8.72 Å². The maximum Gasteiger partial charge on any atom is 0.259 e. The molecule has 2 aromatic carbocycles. The summed E-state index contributed by atoms with van der Waals surface area (Å²) in [6.07, 6.45) is 0. The average molecular weight is 260 g/mol. The molecule has 0 spiro atoms. The van der Waals surface area contributed by atoms with E-state index in [2.05, 4.69) is 9.69 Å². The molecule has 0 fully saturated rings. The normalized spacial score (nSPS) is 14.6. The summed E-state index contributed by atoms with van der Waals surface area (Å²) < 4.78 is 0. The highest BCUT2D eigenvalue weighted by molar-refractivity contribution is 5.27. The van der Waals surface area contributed by atoms with E-state index in [0.29, 0.717) is 0 Å². The highest BCUT2D eigenvalue weighted by atomic mass is 14.8. The van der Waals surface area contributed by atoms with Gasteiger partial charge in [0, 0.05) is 11.1 Å². The molecule has 0 amide bonds. The Bertz CT molecular complexity index is 562. The van der Waals surface area contributed by atoms with Crippen LogP contribution in [0.5, 0.6) is 0 Å². The van der Waals surface area contributed by atoms with Crippen LogP contribution in [-0.4, -0.2) is 0 Å². The van der Waals surface area contributed by atoms with E-state index in [4.69, 9.17) is 13.1 Å². The predicted octanol–water partition coefficient (Wildman–Crippen LogP) is 4.94. The lowest BCUT2D eigenvalue weighted by Gasteiger charge is -2.16. The fourth-order valence-corrected chi connectivity index (χ4v) is 2.46. The van der Waals surface area contributed by atoms with E-state index in [-0.39, 0.29) is 18.0 Å². The van der Waals surface area contributed by atoms with Crippen molar-refractivity contribution in [2.24, 2.45) is 5.92 Å². The van der Waals surface area contributed by atoms with E-state index in [1.54, 1.807) is 0 Å². The molecular weight excluding hydrogens is 244 g/mol. The third-order valence-corrected chi connectivity index (χ3v) is 3.56. The van der Waals surface area contributed by atoms with Crippen molar-refractivity contribution in [2.75, 3.05) is 0 Å². The molecule has 2 unspecified atom stereocenters. The van der Waals surface area contributed by atoms with Crippen molar-refractivity contribution >= 4 is 0 Å². The Hall–Kier alpha value is -2.58. The van der Waals surface area contributed by atoms with Crippen LogP contribution in [0.25, 0.3) is 9.69 Å². The molecule has 2 aromatic rings. The number of nitrogens with zero attached hydrogens (tertiary/aromatic N) is 2. The number of rotatable bonds is 4. The van der Waals surface area contributed by atoms with E-state index in [1.165, 1.54) is 0 Å². The second-order valence-electron chi connectivity index (χ2n) is 4.83. The van der Waals surface area contributed by atoms with Crippen LogP contribution >= 0.6 is 0 Å². The largest absolute Gasteiger partial charge is 0.308 e. The SMILES string of the molecule is [C-]#[N+]C(c1ccccc1)C(C)C([N+]#[C-])c1ccccc1. The summed E-state index contributed by atoms with van der Waals surface area (Å²) in [5.74, 6) is -0.0465. The Balaban J connectivity index is 2.31. The van der Waals surface area contributed by atoms with Gasteiger partial charge in [0.15, 0.2) is 0 Å². The van der Waals surface area contributed by atoms with E-state index in [0.717, 1.165) is 11.1 Å². The molecule has 98 valence electrons.